The van der Waals surface area contributed by atoms with E-state index in [1.165, 1.54) is 16.2 Å². The number of carbonyl (C=O) groups excluding carboxylic acids is 1. The van der Waals surface area contributed by atoms with Crippen molar-refractivity contribution in [3.8, 4) is 10.6 Å². The van der Waals surface area contributed by atoms with Crippen LogP contribution in [0.15, 0.2) is 36.0 Å². The number of rotatable bonds is 4. The van der Waals surface area contributed by atoms with E-state index in [-0.39, 0.29) is 11.9 Å². The molecule has 0 fully saturated rings. The molecule has 0 saturated carbocycles. The van der Waals surface area contributed by atoms with Crippen LogP contribution in [0, 0.1) is 6.92 Å². The largest absolute Gasteiger partial charge is 0.298 e. The van der Waals surface area contributed by atoms with Gasteiger partial charge >= 0.3 is 0 Å². The molecule has 4 aromatic heterocycles. The maximum Gasteiger partial charge on any atom is 0.258 e. The van der Waals surface area contributed by atoms with E-state index in [0.717, 1.165) is 16.0 Å². The van der Waals surface area contributed by atoms with Crippen molar-refractivity contribution in [3.63, 3.8) is 0 Å². The molecule has 1 amide bonds. The van der Waals surface area contributed by atoms with Gasteiger partial charge in [0, 0.05) is 22.5 Å². The summed E-state index contributed by atoms with van der Waals surface area (Å²) in [7, 11) is 0. The van der Waals surface area contributed by atoms with Gasteiger partial charge in [-0.25, -0.2) is 14.6 Å². The molecule has 0 unspecified atom stereocenters. The van der Waals surface area contributed by atoms with Crippen molar-refractivity contribution in [1.82, 2.24) is 19.7 Å². The standard InChI is InChI=1S/C18H17N5OS2/c1-10(2)23-16-13(9-20-23)12(17(24)22-18-19-6-7-25-18)8-14(21-16)15-5-4-11(3)26-15/h4-10H,1-3H3,(H,19,22,24). The smallest absolute Gasteiger partial charge is 0.258 e. The van der Waals surface area contributed by atoms with Crippen LogP contribution in [0.25, 0.3) is 21.6 Å². The zero-order valence-electron chi connectivity index (χ0n) is 14.6. The van der Waals surface area contributed by atoms with Crippen LogP contribution < -0.4 is 5.32 Å². The predicted octanol–water partition coefficient (Wildman–Crippen LogP) is 4.76. The third kappa shape index (κ3) is 3.02. The maximum absolute atomic E-state index is 12.9. The highest BCUT2D eigenvalue weighted by Gasteiger charge is 2.19. The number of carbonyl (C=O) groups is 1. The Bertz CT molecular complexity index is 1080. The molecule has 4 rings (SSSR count). The first-order chi connectivity index (χ1) is 12.5. The van der Waals surface area contributed by atoms with E-state index in [0.29, 0.717) is 16.3 Å². The average molecular weight is 384 g/mol. The molecule has 0 bridgehead atoms. The highest BCUT2D eigenvalue weighted by Crippen LogP contribution is 2.31. The maximum atomic E-state index is 12.9. The Morgan fingerprint density at radius 3 is 2.81 bits per heavy atom. The number of nitrogens with one attached hydrogen (secondary N) is 1. The molecule has 1 N–H and O–H groups in total. The topological polar surface area (TPSA) is 72.7 Å². The van der Waals surface area contributed by atoms with Crippen LogP contribution in [-0.2, 0) is 0 Å². The molecular weight excluding hydrogens is 366 g/mol. The van der Waals surface area contributed by atoms with E-state index in [1.54, 1.807) is 23.7 Å². The molecule has 0 atom stereocenters. The summed E-state index contributed by atoms with van der Waals surface area (Å²) in [5.41, 5.74) is 2.05. The van der Waals surface area contributed by atoms with Gasteiger partial charge in [0.05, 0.1) is 27.7 Å². The van der Waals surface area contributed by atoms with E-state index in [4.69, 9.17) is 4.98 Å². The molecule has 0 aromatic carbocycles. The monoisotopic (exact) mass is 383 g/mol. The molecule has 4 aromatic rings. The number of anilines is 1. The van der Waals surface area contributed by atoms with Crippen LogP contribution >= 0.6 is 22.7 Å². The first-order valence-corrected chi connectivity index (χ1v) is 9.88. The molecule has 0 spiro atoms. The fourth-order valence-corrected chi connectivity index (χ4v) is 4.08. The summed E-state index contributed by atoms with van der Waals surface area (Å²) in [6, 6.07) is 6.08. The van der Waals surface area contributed by atoms with Gasteiger partial charge in [-0.15, -0.1) is 22.7 Å². The fraction of sp³-hybridized carbons (Fsp3) is 0.222. The summed E-state index contributed by atoms with van der Waals surface area (Å²) >= 11 is 3.05. The van der Waals surface area contributed by atoms with Crippen LogP contribution in [0.1, 0.15) is 35.1 Å². The highest BCUT2D eigenvalue weighted by atomic mass is 32.1. The predicted molar refractivity (Wildman–Crippen MR) is 106 cm³/mol. The second-order valence-corrected chi connectivity index (χ2v) is 8.36. The first-order valence-electron chi connectivity index (χ1n) is 8.19. The molecule has 0 saturated heterocycles. The number of aromatic nitrogens is 4. The Labute approximate surface area is 158 Å². The fourth-order valence-electron chi connectivity index (χ4n) is 2.73. The summed E-state index contributed by atoms with van der Waals surface area (Å²) in [5, 5.41) is 10.4. The minimum absolute atomic E-state index is 0.148. The van der Waals surface area contributed by atoms with Crippen molar-refractivity contribution in [3.05, 3.63) is 46.4 Å². The van der Waals surface area contributed by atoms with E-state index in [2.05, 4.69) is 28.4 Å². The molecule has 26 heavy (non-hydrogen) atoms. The van der Waals surface area contributed by atoms with E-state index >= 15 is 0 Å². The molecule has 132 valence electrons. The van der Waals surface area contributed by atoms with Crippen molar-refractivity contribution in [1.29, 1.82) is 0 Å². The molecular formula is C18H17N5OS2. The molecule has 6 nitrogen and oxygen atoms in total. The Hall–Kier alpha value is -2.58. The second-order valence-electron chi connectivity index (χ2n) is 6.18. The van der Waals surface area contributed by atoms with E-state index < -0.39 is 0 Å². The van der Waals surface area contributed by atoms with Crippen LogP contribution in [0.3, 0.4) is 0 Å². The Morgan fingerprint density at radius 2 is 2.15 bits per heavy atom. The normalized spacial score (nSPS) is 11.4. The number of hydrogen-bond acceptors (Lipinski definition) is 6. The number of aryl methyl sites for hydroxylation is 1. The number of pyridine rings is 1. The number of nitrogens with zero attached hydrogens (tertiary/aromatic N) is 4. The van der Waals surface area contributed by atoms with Crippen molar-refractivity contribution in [2.45, 2.75) is 26.8 Å². The second kappa shape index (κ2) is 6.62. The number of hydrogen-bond donors (Lipinski definition) is 1. The molecule has 0 aliphatic heterocycles. The highest BCUT2D eigenvalue weighted by molar-refractivity contribution is 7.15. The van der Waals surface area contributed by atoms with Gasteiger partial charge in [0.1, 0.15) is 0 Å². The third-order valence-corrected chi connectivity index (χ3v) is 5.66. The summed E-state index contributed by atoms with van der Waals surface area (Å²) < 4.78 is 1.85. The Morgan fingerprint density at radius 1 is 1.31 bits per heavy atom. The zero-order chi connectivity index (χ0) is 18.3. The lowest BCUT2D eigenvalue weighted by molar-refractivity contribution is 0.102. The van der Waals surface area contributed by atoms with Crippen molar-refractivity contribution >= 4 is 44.7 Å². The van der Waals surface area contributed by atoms with Gasteiger partial charge in [-0.1, -0.05) is 0 Å². The molecule has 0 radical (unpaired) electrons. The molecule has 0 aliphatic rings. The minimum Gasteiger partial charge on any atom is -0.298 e. The third-order valence-electron chi connectivity index (χ3n) is 3.95. The summed E-state index contributed by atoms with van der Waals surface area (Å²) in [6.07, 6.45) is 3.38. The van der Waals surface area contributed by atoms with Gasteiger partial charge < -0.3 is 0 Å². The molecule has 0 aliphatic carbocycles. The van der Waals surface area contributed by atoms with Crippen LogP contribution in [-0.4, -0.2) is 25.7 Å². The zero-order valence-corrected chi connectivity index (χ0v) is 16.2. The lowest BCUT2D eigenvalue weighted by Gasteiger charge is -2.09. The van der Waals surface area contributed by atoms with Gasteiger partial charge in [0.25, 0.3) is 5.91 Å². The van der Waals surface area contributed by atoms with Gasteiger partial charge in [-0.3, -0.25) is 10.1 Å². The van der Waals surface area contributed by atoms with E-state index in [1.807, 2.05) is 36.0 Å². The van der Waals surface area contributed by atoms with Crippen molar-refractivity contribution < 1.29 is 4.79 Å². The number of fused-ring (bicyclic) bond motifs is 1. The Balaban J connectivity index is 1.88. The van der Waals surface area contributed by atoms with Crippen LogP contribution in [0.5, 0.6) is 0 Å². The van der Waals surface area contributed by atoms with Gasteiger partial charge in [0.2, 0.25) is 0 Å². The number of thiophene rings is 1. The van der Waals surface area contributed by atoms with Crippen molar-refractivity contribution in [2.75, 3.05) is 5.32 Å². The molecule has 4 heterocycles. The lowest BCUT2D eigenvalue weighted by Crippen LogP contribution is -2.13. The Kier molecular flexibility index (Phi) is 4.29. The van der Waals surface area contributed by atoms with Gasteiger partial charge in [0.15, 0.2) is 10.8 Å². The quantitative estimate of drug-likeness (QED) is 0.551. The van der Waals surface area contributed by atoms with Crippen molar-refractivity contribution in [2.24, 2.45) is 0 Å². The number of thiazole rings is 1. The van der Waals surface area contributed by atoms with Crippen LogP contribution in [0.2, 0.25) is 0 Å². The summed E-state index contributed by atoms with van der Waals surface area (Å²) in [4.78, 5) is 24.1. The van der Waals surface area contributed by atoms with Gasteiger partial charge in [-0.05, 0) is 39.0 Å². The molecule has 8 heteroatoms. The average Bonchev–Trinajstić information content (AvgIpc) is 3.33. The van der Waals surface area contributed by atoms with E-state index in [9.17, 15) is 4.79 Å². The van der Waals surface area contributed by atoms with Crippen LogP contribution in [0.4, 0.5) is 5.13 Å². The first kappa shape index (κ1) is 16.9. The van der Waals surface area contributed by atoms with Gasteiger partial charge in [-0.2, -0.15) is 5.10 Å². The number of amides is 1. The summed E-state index contributed by atoms with van der Waals surface area (Å²) in [6.45, 7) is 6.15. The minimum atomic E-state index is -0.204. The lowest BCUT2D eigenvalue weighted by atomic mass is 10.1. The summed E-state index contributed by atoms with van der Waals surface area (Å²) in [5.74, 6) is -0.204. The SMILES string of the molecule is Cc1ccc(-c2cc(C(=O)Nc3nccs3)c3cnn(C(C)C)c3n2)s1.